The number of imide groups is 1. The molecule has 0 saturated carbocycles. The second-order valence-electron chi connectivity index (χ2n) is 8.79. The number of benzene rings is 2. The van der Waals surface area contributed by atoms with Crippen LogP contribution in [0.4, 0.5) is 16.2 Å². The lowest BCUT2D eigenvalue weighted by molar-refractivity contribution is -0.154. The first kappa shape index (κ1) is 22.3. The van der Waals surface area contributed by atoms with E-state index >= 15 is 0 Å². The molecule has 2 aromatic rings. The van der Waals surface area contributed by atoms with Gasteiger partial charge in [-0.3, -0.25) is 19.4 Å². The lowest BCUT2D eigenvalue weighted by Crippen LogP contribution is -2.58. The van der Waals surface area contributed by atoms with E-state index in [0.29, 0.717) is 11.3 Å². The molecule has 2 saturated heterocycles. The summed E-state index contributed by atoms with van der Waals surface area (Å²) in [6.45, 7) is 1.34. The van der Waals surface area contributed by atoms with Crippen LogP contribution in [0.25, 0.3) is 0 Å². The molecule has 0 aliphatic carbocycles. The number of carboxylic acids is 1. The molecule has 0 radical (unpaired) electrons. The maximum atomic E-state index is 13.5. The number of para-hydroxylation sites is 1. The lowest BCUT2D eigenvalue weighted by atomic mass is 9.80. The number of rotatable bonds is 4. The third kappa shape index (κ3) is 3.31. The molecule has 4 unspecified atom stereocenters. The number of likely N-dealkylation sites (tertiary alicyclic amines) is 2. The third-order valence-electron chi connectivity index (χ3n) is 6.72. The van der Waals surface area contributed by atoms with Crippen LogP contribution < -0.4 is 10.2 Å². The summed E-state index contributed by atoms with van der Waals surface area (Å²) in [5.74, 6) is -4.64. The molecule has 0 aromatic heterocycles. The van der Waals surface area contributed by atoms with Crippen molar-refractivity contribution in [1.82, 2.24) is 9.80 Å². The molecular weight excluding hydrogens is 424 g/mol. The highest BCUT2D eigenvalue weighted by molar-refractivity contribution is 6.11. The van der Waals surface area contributed by atoms with E-state index in [2.05, 4.69) is 5.32 Å². The maximum Gasteiger partial charge on any atom is 0.330 e. The number of nitrogens with zero attached hydrogens (tertiary/aromatic N) is 3. The Morgan fingerprint density at radius 3 is 2.15 bits per heavy atom. The number of amides is 4. The van der Waals surface area contributed by atoms with Crippen molar-refractivity contribution >= 4 is 35.2 Å². The molecule has 4 atom stereocenters. The molecule has 9 heteroatoms. The first-order chi connectivity index (χ1) is 15.6. The highest BCUT2D eigenvalue weighted by Crippen LogP contribution is 2.55. The topological polar surface area (TPSA) is 110 Å². The fourth-order valence-electron chi connectivity index (χ4n) is 4.95. The van der Waals surface area contributed by atoms with Gasteiger partial charge in [0.1, 0.15) is 0 Å². The minimum absolute atomic E-state index is 0.476. The van der Waals surface area contributed by atoms with E-state index in [9.17, 15) is 24.3 Å². The summed E-state index contributed by atoms with van der Waals surface area (Å²) >= 11 is 0. The number of anilines is 2. The zero-order valence-electron chi connectivity index (χ0n) is 18.9. The number of hydrogen-bond acceptors (Lipinski definition) is 5. The number of aliphatic carboxylic acids is 1. The third-order valence-corrected chi connectivity index (χ3v) is 6.72. The van der Waals surface area contributed by atoms with Crippen molar-refractivity contribution in [3.8, 4) is 0 Å². The van der Waals surface area contributed by atoms with Gasteiger partial charge in [0.05, 0.1) is 17.9 Å². The monoisotopic (exact) mass is 450 g/mol. The number of carbonyl (C=O) groups excluding carboxylic acids is 3. The van der Waals surface area contributed by atoms with Crippen LogP contribution in [-0.4, -0.2) is 65.4 Å². The molecule has 33 heavy (non-hydrogen) atoms. The Kier molecular flexibility index (Phi) is 5.35. The van der Waals surface area contributed by atoms with Crippen molar-refractivity contribution in [2.45, 2.75) is 18.5 Å². The Hall–Kier alpha value is -3.88. The van der Waals surface area contributed by atoms with Gasteiger partial charge in [-0.2, -0.15) is 0 Å². The minimum atomic E-state index is -1.92. The second-order valence-corrected chi connectivity index (χ2v) is 8.79. The van der Waals surface area contributed by atoms with Crippen molar-refractivity contribution in [3.63, 3.8) is 0 Å². The van der Waals surface area contributed by atoms with E-state index in [4.69, 9.17) is 0 Å². The van der Waals surface area contributed by atoms with Gasteiger partial charge in [-0.1, -0.05) is 30.3 Å². The van der Waals surface area contributed by atoms with Crippen molar-refractivity contribution in [1.29, 1.82) is 0 Å². The molecular formula is C24H26N4O5. The number of nitrogens with one attached hydrogen (secondary N) is 1. The van der Waals surface area contributed by atoms with Gasteiger partial charge >= 0.3 is 12.0 Å². The fourth-order valence-corrected chi connectivity index (χ4v) is 4.95. The summed E-state index contributed by atoms with van der Waals surface area (Å²) < 4.78 is 0. The summed E-state index contributed by atoms with van der Waals surface area (Å²) in [5.41, 5.74) is 0.0378. The second kappa shape index (κ2) is 7.91. The van der Waals surface area contributed by atoms with Crippen LogP contribution in [-0.2, 0) is 14.4 Å². The van der Waals surface area contributed by atoms with Crippen LogP contribution in [0.1, 0.15) is 18.5 Å². The summed E-state index contributed by atoms with van der Waals surface area (Å²) in [7, 11) is 5.12. The maximum absolute atomic E-state index is 13.5. The molecule has 0 spiro atoms. The Morgan fingerprint density at radius 2 is 1.61 bits per heavy atom. The molecule has 2 aromatic carbocycles. The van der Waals surface area contributed by atoms with Gasteiger partial charge in [0.15, 0.2) is 5.54 Å². The van der Waals surface area contributed by atoms with Gasteiger partial charge in [0.2, 0.25) is 11.8 Å². The zero-order chi connectivity index (χ0) is 24.1. The first-order valence-electron chi connectivity index (χ1n) is 10.6. The summed E-state index contributed by atoms with van der Waals surface area (Å²) in [4.78, 5) is 56.3. The Bertz CT molecular complexity index is 1120. The van der Waals surface area contributed by atoms with E-state index < -0.39 is 47.2 Å². The van der Waals surface area contributed by atoms with E-state index in [1.54, 1.807) is 42.5 Å². The minimum Gasteiger partial charge on any atom is -0.479 e. The molecule has 2 aliphatic heterocycles. The van der Waals surface area contributed by atoms with Crippen LogP contribution in [0.5, 0.6) is 0 Å². The Labute approximate surface area is 191 Å². The zero-order valence-corrected chi connectivity index (χ0v) is 18.9. The van der Waals surface area contributed by atoms with E-state index in [0.717, 1.165) is 15.5 Å². The average molecular weight is 450 g/mol. The molecule has 172 valence electrons. The lowest BCUT2D eigenvalue weighted by Gasteiger charge is -2.38. The average Bonchev–Trinajstić information content (AvgIpc) is 3.20. The molecule has 4 rings (SSSR count). The number of carboxylic acid groups (broad SMARTS) is 1. The van der Waals surface area contributed by atoms with Crippen molar-refractivity contribution in [2.75, 3.05) is 31.4 Å². The molecule has 0 bridgehead atoms. The van der Waals surface area contributed by atoms with Gasteiger partial charge in [-0.05, 0) is 36.8 Å². The molecule has 2 heterocycles. The van der Waals surface area contributed by atoms with Gasteiger partial charge in [-0.15, -0.1) is 0 Å². The van der Waals surface area contributed by atoms with Crippen LogP contribution in [0.3, 0.4) is 0 Å². The highest BCUT2D eigenvalue weighted by atomic mass is 16.4. The largest absolute Gasteiger partial charge is 0.479 e. The van der Waals surface area contributed by atoms with Crippen molar-refractivity contribution in [3.05, 3.63) is 60.2 Å². The SMILES string of the molecule is CN1C(=O)C2C(c3ccc(N(C)C)cc3)N(C(=O)Nc3ccccc3)C(C)(C(=O)O)C2C1=O. The molecule has 9 nitrogen and oxygen atoms in total. The molecule has 4 amide bonds. The van der Waals surface area contributed by atoms with Gasteiger partial charge < -0.3 is 15.3 Å². The number of urea groups is 1. The number of carbonyl (C=O) groups is 4. The predicted molar refractivity (Wildman–Crippen MR) is 122 cm³/mol. The van der Waals surface area contributed by atoms with E-state index in [1.807, 2.05) is 31.1 Å². The summed E-state index contributed by atoms with van der Waals surface area (Å²) in [6, 6.07) is 14.2. The normalized spacial score (nSPS) is 26.4. The molecule has 2 fully saturated rings. The predicted octanol–water partition coefficient (Wildman–Crippen LogP) is 2.42. The van der Waals surface area contributed by atoms with Crippen molar-refractivity contribution < 1.29 is 24.3 Å². The number of fused-ring (bicyclic) bond motifs is 1. The van der Waals surface area contributed by atoms with Gasteiger partial charge in [0, 0.05) is 32.5 Å². The van der Waals surface area contributed by atoms with E-state index in [-0.39, 0.29) is 0 Å². The molecule has 2 aliphatic rings. The Balaban J connectivity index is 1.87. The van der Waals surface area contributed by atoms with Crippen molar-refractivity contribution in [2.24, 2.45) is 11.8 Å². The van der Waals surface area contributed by atoms with Gasteiger partial charge in [-0.25, -0.2) is 9.59 Å². The van der Waals surface area contributed by atoms with Gasteiger partial charge in [0.25, 0.3) is 0 Å². The fraction of sp³-hybridized carbons (Fsp3) is 0.333. The summed E-state index contributed by atoms with van der Waals surface area (Å²) in [6.07, 6.45) is 0. The number of hydrogen-bond donors (Lipinski definition) is 2. The van der Waals surface area contributed by atoms with Crippen LogP contribution in [0.2, 0.25) is 0 Å². The highest BCUT2D eigenvalue weighted by Gasteiger charge is 2.71. The quantitative estimate of drug-likeness (QED) is 0.693. The van der Waals surface area contributed by atoms with E-state index in [1.165, 1.54) is 14.0 Å². The Morgan fingerprint density at radius 1 is 1.00 bits per heavy atom. The first-order valence-corrected chi connectivity index (χ1v) is 10.6. The smallest absolute Gasteiger partial charge is 0.330 e. The van der Waals surface area contributed by atoms with Crippen LogP contribution in [0, 0.1) is 11.8 Å². The van der Waals surface area contributed by atoms with Crippen LogP contribution in [0.15, 0.2) is 54.6 Å². The van der Waals surface area contributed by atoms with Crippen LogP contribution >= 0.6 is 0 Å². The standard InChI is InChI=1S/C24H26N4O5/c1-24(22(31)32)18-17(20(29)27(4)21(18)30)19(14-10-12-16(13-11-14)26(2)3)28(24)23(33)25-15-8-6-5-7-9-15/h5-13,17-19H,1-4H3,(H,25,33)(H,31,32). The molecule has 2 N–H and O–H groups in total. The summed E-state index contributed by atoms with van der Waals surface area (Å²) in [5, 5.41) is 13.0.